The highest BCUT2D eigenvalue weighted by Gasteiger charge is 2.30. The minimum absolute atomic E-state index is 0. The Bertz CT molecular complexity index is 781. The van der Waals surface area contributed by atoms with Gasteiger partial charge in [0.1, 0.15) is 10.6 Å². The van der Waals surface area contributed by atoms with E-state index in [-0.39, 0.29) is 35.0 Å². The van der Waals surface area contributed by atoms with Gasteiger partial charge in [-0.3, -0.25) is 4.79 Å². The lowest BCUT2D eigenvalue weighted by Crippen LogP contribution is -2.33. The topological polar surface area (TPSA) is 87.7 Å². The summed E-state index contributed by atoms with van der Waals surface area (Å²) in [5, 5.41) is 3.15. The zero-order valence-corrected chi connectivity index (χ0v) is 18.1. The molecule has 1 aromatic rings. The lowest BCUT2D eigenvalue weighted by molar-refractivity contribution is 0.0787. The Balaban J connectivity index is 0.00000280. The van der Waals surface area contributed by atoms with E-state index in [0.717, 1.165) is 38.6 Å². The first-order valence-electron chi connectivity index (χ1n) is 9.59. The molecular formula is C19H30ClN3O4S. The van der Waals surface area contributed by atoms with E-state index < -0.39 is 10.0 Å². The second kappa shape index (κ2) is 9.91. The molecule has 0 aromatic heterocycles. The molecule has 1 heterocycles. The zero-order valence-electron chi connectivity index (χ0n) is 16.4. The Kier molecular flexibility index (Phi) is 8.12. The van der Waals surface area contributed by atoms with Crippen molar-refractivity contribution >= 4 is 28.3 Å². The van der Waals surface area contributed by atoms with Crippen LogP contribution in [-0.2, 0) is 10.0 Å². The van der Waals surface area contributed by atoms with E-state index in [4.69, 9.17) is 4.74 Å². The molecule has 1 amide bonds. The third-order valence-electron chi connectivity index (χ3n) is 5.44. The number of benzene rings is 1. The molecule has 1 unspecified atom stereocenters. The second-order valence-electron chi connectivity index (χ2n) is 7.43. The summed E-state index contributed by atoms with van der Waals surface area (Å²) in [5.41, 5.74) is 0.382. The minimum atomic E-state index is -3.74. The largest absolute Gasteiger partial charge is 0.495 e. The Labute approximate surface area is 173 Å². The van der Waals surface area contributed by atoms with Crippen molar-refractivity contribution in [2.45, 2.75) is 43.0 Å². The lowest BCUT2D eigenvalue weighted by atomic mass is 10.1. The van der Waals surface area contributed by atoms with E-state index in [9.17, 15) is 13.2 Å². The molecular weight excluding hydrogens is 402 g/mol. The van der Waals surface area contributed by atoms with E-state index in [2.05, 4.69) is 10.0 Å². The van der Waals surface area contributed by atoms with Gasteiger partial charge in [0.25, 0.3) is 5.91 Å². The van der Waals surface area contributed by atoms with E-state index in [1.807, 2.05) is 7.05 Å². The summed E-state index contributed by atoms with van der Waals surface area (Å²) < 4.78 is 33.8. The Morgan fingerprint density at radius 2 is 1.96 bits per heavy atom. The number of halogens is 1. The number of carbonyl (C=O) groups is 1. The summed E-state index contributed by atoms with van der Waals surface area (Å²) in [6, 6.07) is 4.61. The fourth-order valence-corrected chi connectivity index (χ4v) is 5.50. The molecule has 0 spiro atoms. The van der Waals surface area contributed by atoms with Gasteiger partial charge in [0.05, 0.1) is 7.11 Å². The number of sulfonamides is 1. The maximum atomic E-state index is 12.9. The van der Waals surface area contributed by atoms with Crippen LogP contribution in [-0.4, -0.2) is 59.1 Å². The Morgan fingerprint density at radius 3 is 2.61 bits per heavy atom. The zero-order chi connectivity index (χ0) is 19.4. The Morgan fingerprint density at radius 1 is 1.25 bits per heavy atom. The average molecular weight is 432 g/mol. The lowest BCUT2D eigenvalue weighted by Gasteiger charge is -2.19. The molecule has 1 aromatic carbocycles. The fourth-order valence-electron chi connectivity index (χ4n) is 4.00. The van der Waals surface area contributed by atoms with E-state index in [1.165, 1.54) is 13.2 Å². The predicted octanol–water partition coefficient (Wildman–Crippen LogP) is 2.02. The highest BCUT2D eigenvalue weighted by molar-refractivity contribution is 7.89. The van der Waals surface area contributed by atoms with Crippen molar-refractivity contribution in [1.82, 2.24) is 14.9 Å². The first-order chi connectivity index (χ1) is 12.9. The first kappa shape index (κ1) is 22.9. The van der Waals surface area contributed by atoms with Crippen molar-refractivity contribution in [3.8, 4) is 5.75 Å². The maximum Gasteiger partial charge on any atom is 0.253 e. The number of nitrogens with one attached hydrogen (secondary N) is 2. The summed E-state index contributed by atoms with van der Waals surface area (Å²) in [6.45, 7) is 2.26. The minimum Gasteiger partial charge on any atom is -0.495 e. The first-order valence-corrected chi connectivity index (χ1v) is 11.1. The summed E-state index contributed by atoms with van der Waals surface area (Å²) >= 11 is 0. The molecule has 1 atom stereocenters. The van der Waals surface area contributed by atoms with Gasteiger partial charge in [-0.2, -0.15) is 0 Å². The van der Waals surface area contributed by atoms with Gasteiger partial charge in [0, 0.05) is 24.7 Å². The highest BCUT2D eigenvalue weighted by atomic mass is 35.5. The molecule has 28 heavy (non-hydrogen) atoms. The van der Waals surface area contributed by atoms with Gasteiger partial charge in [-0.15, -0.1) is 12.4 Å². The molecule has 0 radical (unpaired) electrons. The number of hydrogen-bond donors (Lipinski definition) is 2. The van der Waals surface area contributed by atoms with E-state index >= 15 is 0 Å². The van der Waals surface area contributed by atoms with Gasteiger partial charge in [-0.25, -0.2) is 13.1 Å². The van der Waals surface area contributed by atoms with E-state index in [1.54, 1.807) is 17.0 Å². The molecule has 1 saturated heterocycles. The van der Waals surface area contributed by atoms with Crippen LogP contribution in [0.2, 0.25) is 0 Å². The van der Waals surface area contributed by atoms with Crippen LogP contribution < -0.4 is 14.8 Å². The number of hydrogen-bond acceptors (Lipinski definition) is 5. The maximum absolute atomic E-state index is 12.9. The van der Waals surface area contributed by atoms with Crippen LogP contribution in [0.5, 0.6) is 5.75 Å². The van der Waals surface area contributed by atoms with Crippen LogP contribution in [0, 0.1) is 5.92 Å². The fraction of sp³-hybridized carbons (Fsp3) is 0.632. The third-order valence-corrected chi connectivity index (χ3v) is 6.98. The number of ether oxygens (including phenoxy) is 1. The van der Waals surface area contributed by atoms with Gasteiger partial charge < -0.3 is 15.0 Å². The molecule has 1 aliphatic carbocycles. The quantitative estimate of drug-likeness (QED) is 0.689. The third kappa shape index (κ3) is 5.17. The highest BCUT2D eigenvalue weighted by Crippen LogP contribution is 2.28. The molecule has 2 N–H and O–H groups in total. The number of rotatable bonds is 7. The van der Waals surface area contributed by atoms with Crippen molar-refractivity contribution in [2.24, 2.45) is 5.92 Å². The van der Waals surface area contributed by atoms with E-state index in [0.29, 0.717) is 24.6 Å². The van der Waals surface area contributed by atoms with Gasteiger partial charge in [-0.1, -0.05) is 12.8 Å². The van der Waals surface area contributed by atoms with Crippen molar-refractivity contribution in [3.05, 3.63) is 23.8 Å². The SMILES string of the molecule is CNCC1CCN(C(=O)c2ccc(OC)c(S(=O)(=O)NC3CCCC3)c2)C1.Cl. The second-order valence-corrected chi connectivity index (χ2v) is 9.11. The average Bonchev–Trinajstić information content (AvgIpc) is 3.32. The van der Waals surface area contributed by atoms with Crippen LogP contribution in [0.1, 0.15) is 42.5 Å². The summed E-state index contributed by atoms with van der Waals surface area (Å²) in [5.74, 6) is 0.560. The standard InChI is InChI=1S/C19H29N3O4S.ClH/c1-20-12-14-9-10-22(13-14)19(23)15-7-8-17(26-2)18(11-15)27(24,25)21-16-5-3-4-6-16;/h7-8,11,14,16,20-21H,3-6,9-10,12-13H2,1-2H3;1H. The van der Waals surface area contributed by atoms with Gasteiger partial charge >= 0.3 is 0 Å². The monoisotopic (exact) mass is 431 g/mol. The summed E-state index contributed by atoms with van der Waals surface area (Å²) in [7, 11) is -0.397. The molecule has 7 nitrogen and oxygen atoms in total. The van der Waals surface area contributed by atoms with Crippen LogP contribution in [0.3, 0.4) is 0 Å². The predicted molar refractivity (Wildman–Crippen MR) is 111 cm³/mol. The van der Waals surface area contributed by atoms with Crippen LogP contribution in [0.15, 0.2) is 23.1 Å². The van der Waals surface area contributed by atoms with Crippen molar-refractivity contribution in [3.63, 3.8) is 0 Å². The molecule has 1 aliphatic heterocycles. The normalized spacial score (nSPS) is 20.2. The molecule has 3 rings (SSSR count). The molecule has 0 bridgehead atoms. The molecule has 2 aliphatic rings. The molecule has 1 saturated carbocycles. The van der Waals surface area contributed by atoms with Crippen LogP contribution >= 0.6 is 12.4 Å². The van der Waals surface area contributed by atoms with Crippen molar-refractivity contribution in [1.29, 1.82) is 0 Å². The Hall–Kier alpha value is -1.35. The number of likely N-dealkylation sites (tertiary alicyclic amines) is 1. The van der Waals surface area contributed by atoms with Crippen LogP contribution in [0.4, 0.5) is 0 Å². The van der Waals surface area contributed by atoms with Crippen molar-refractivity contribution in [2.75, 3.05) is 33.8 Å². The number of amides is 1. The molecule has 9 heteroatoms. The number of nitrogens with zero attached hydrogens (tertiary/aromatic N) is 1. The number of methoxy groups -OCH3 is 1. The van der Waals surface area contributed by atoms with Gasteiger partial charge in [0.2, 0.25) is 10.0 Å². The smallest absolute Gasteiger partial charge is 0.253 e. The van der Waals surface area contributed by atoms with Gasteiger partial charge in [0.15, 0.2) is 0 Å². The molecule has 2 fully saturated rings. The summed E-state index contributed by atoms with van der Waals surface area (Å²) in [6.07, 6.45) is 4.72. The van der Waals surface area contributed by atoms with Crippen LogP contribution in [0.25, 0.3) is 0 Å². The van der Waals surface area contributed by atoms with Crippen molar-refractivity contribution < 1.29 is 17.9 Å². The number of carbonyl (C=O) groups excluding carboxylic acids is 1. The van der Waals surface area contributed by atoms with Gasteiger partial charge in [-0.05, 0) is 57.0 Å². The molecule has 158 valence electrons. The summed E-state index contributed by atoms with van der Waals surface area (Å²) in [4.78, 5) is 14.7.